The van der Waals surface area contributed by atoms with Crippen LogP contribution in [0.1, 0.15) is 75.3 Å². The van der Waals surface area contributed by atoms with Gasteiger partial charge in [0, 0.05) is 45.8 Å². The van der Waals surface area contributed by atoms with Crippen molar-refractivity contribution in [2.75, 3.05) is 72.1 Å². The summed E-state index contributed by atoms with van der Waals surface area (Å²) in [6.07, 6.45) is 7.03. The quantitative estimate of drug-likeness (QED) is 0.132. The van der Waals surface area contributed by atoms with Crippen LogP contribution in [0.5, 0.6) is 5.75 Å². The molecule has 5 rings (SSSR count). The summed E-state index contributed by atoms with van der Waals surface area (Å²) in [5, 5.41) is 44.3. The zero-order valence-electron chi connectivity index (χ0n) is 30.8. The molecule has 2 saturated carbocycles. The van der Waals surface area contributed by atoms with Gasteiger partial charge in [-0.15, -0.1) is 0 Å². The number of carbonyl (C=O) groups is 5. The number of carbonyl (C=O) groups excluding carboxylic acids is 2. The molecule has 15 heteroatoms. The number of aliphatic hydroxyl groups excluding tert-OH is 1. The molecule has 0 spiro atoms. The van der Waals surface area contributed by atoms with E-state index < -0.39 is 29.9 Å². The van der Waals surface area contributed by atoms with E-state index in [1.807, 2.05) is 17.0 Å². The summed E-state index contributed by atoms with van der Waals surface area (Å²) in [5.74, 6) is -1.66. The number of carboxylic acids is 3. The van der Waals surface area contributed by atoms with E-state index in [2.05, 4.69) is 23.6 Å². The van der Waals surface area contributed by atoms with Crippen molar-refractivity contribution in [3.63, 3.8) is 0 Å². The molecule has 15 nitrogen and oxygen atoms in total. The molecule has 1 unspecified atom stereocenters. The van der Waals surface area contributed by atoms with Crippen molar-refractivity contribution < 1.29 is 49.1 Å². The number of unbranched alkanes of at least 4 members (excludes halogenated alkanes) is 1. The molecule has 1 heterocycles. The number of aliphatic carboxylic acids is 3. The number of hydrogen-bond acceptors (Lipinski definition) is 10. The molecule has 3 aliphatic carbocycles. The summed E-state index contributed by atoms with van der Waals surface area (Å²) in [6.45, 7) is 4.57. The molecule has 294 valence electrons. The van der Waals surface area contributed by atoms with Crippen molar-refractivity contribution in [3.05, 3.63) is 29.3 Å². The van der Waals surface area contributed by atoms with Gasteiger partial charge in [0.25, 0.3) is 5.91 Å². The number of nitrogens with one attached hydrogen (secondary N) is 2. The summed E-state index contributed by atoms with van der Waals surface area (Å²) in [5.41, 5.74) is 2.62. The number of aliphatic hydroxyl groups is 1. The molecule has 6 N–H and O–H groups in total. The van der Waals surface area contributed by atoms with Gasteiger partial charge in [-0.1, -0.05) is 13.0 Å². The number of nitrogens with zero attached hydrogens (tertiary/aromatic N) is 3. The Morgan fingerprint density at radius 2 is 1.49 bits per heavy atom. The molecule has 1 aromatic carbocycles. The molecule has 0 aromatic heterocycles. The van der Waals surface area contributed by atoms with Crippen LogP contribution in [0.15, 0.2) is 18.2 Å². The average molecular weight is 744 g/mol. The van der Waals surface area contributed by atoms with Crippen molar-refractivity contribution in [1.29, 1.82) is 0 Å². The van der Waals surface area contributed by atoms with Crippen LogP contribution in [-0.2, 0) is 30.4 Å². The highest BCUT2D eigenvalue weighted by atomic mass is 16.5. The third kappa shape index (κ3) is 10.9. The van der Waals surface area contributed by atoms with Gasteiger partial charge in [0.15, 0.2) is 6.61 Å². The van der Waals surface area contributed by atoms with Gasteiger partial charge in [0.1, 0.15) is 11.8 Å². The van der Waals surface area contributed by atoms with E-state index in [-0.39, 0.29) is 50.1 Å². The number of hydrogen-bond donors (Lipinski definition) is 6. The van der Waals surface area contributed by atoms with E-state index in [0.717, 1.165) is 38.5 Å². The zero-order valence-corrected chi connectivity index (χ0v) is 30.8. The number of ether oxygens (including phenoxy) is 1. The molecule has 0 bridgehead atoms. The molecule has 2 amide bonds. The van der Waals surface area contributed by atoms with Gasteiger partial charge in [-0.2, -0.15) is 0 Å². The van der Waals surface area contributed by atoms with Gasteiger partial charge in [-0.3, -0.25) is 33.9 Å². The van der Waals surface area contributed by atoms with Crippen LogP contribution in [0.4, 0.5) is 0 Å². The first-order valence-electron chi connectivity index (χ1n) is 19.2. The van der Waals surface area contributed by atoms with Gasteiger partial charge in [0.2, 0.25) is 5.91 Å². The first-order valence-corrected chi connectivity index (χ1v) is 19.2. The van der Waals surface area contributed by atoms with Crippen molar-refractivity contribution >= 4 is 29.7 Å². The standard InChI is InChI=1S/C38H57N5O10/c1-38-12-11-28-27-8-6-26(20-25(27)5-7-29(28)30(38)9-10-32(38)44)53-24-34(46)40-31(37(51)52)4-2-3-13-39-33(45)21-41-14-16-42(22-35(47)48)18-19-43(17-15-41)23-36(49)50/h6,8,20,28-32,44H,2-5,7,9-19,21-24H2,1H3,(H,39,45)(H,40,46)(H,47,48)(H,49,50)(H,51,52)/t28-,29-,30+,31?,32+,38+/m1/s1. The summed E-state index contributed by atoms with van der Waals surface area (Å²) >= 11 is 0. The number of rotatable bonds is 16. The Morgan fingerprint density at radius 1 is 0.849 bits per heavy atom. The molecule has 1 aromatic rings. The third-order valence-electron chi connectivity index (χ3n) is 12.2. The van der Waals surface area contributed by atoms with E-state index in [4.69, 9.17) is 4.74 Å². The lowest BCUT2D eigenvalue weighted by molar-refractivity contribution is -0.142. The number of carboxylic acid groups (broad SMARTS) is 3. The van der Waals surface area contributed by atoms with Crippen LogP contribution >= 0.6 is 0 Å². The second-order valence-electron chi connectivity index (χ2n) is 15.6. The number of fused-ring (bicyclic) bond motifs is 5. The van der Waals surface area contributed by atoms with Gasteiger partial charge in [-0.05, 0) is 104 Å². The van der Waals surface area contributed by atoms with Gasteiger partial charge >= 0.3 is 17.9 Å². The van der Waals surface area contributed by atoms with E-state index in [0.29, 0.717) is 82.2 Å². The van der Waals surface area contributed by atoms with E-state index in [9.17, 15) is 44.4 Å². The maximum Gasteiger partial charge on any atom is 0.326 e. The molecule has 1 saturated heterocycles. The highest BCUT2D eigenvalue weighted by Gasteiger charge is 2.54. The number of benzene rings is 1. The Morgan fingerprint density at radius 3 is 2.11 bits per heavy atom. The summed E-state index contributed by atoms with van der Waals surface area (Å²) in [4.78, 5) is 65.2. The van der Waals surface area contributed by atoms with Crippen LogP contribution in [-0.4, -0.2) is 149 Å². The fourth-order valence-electron chi connectivity index (χ4n) is 9.26. The van der Waals surface area contributed by atoms with E-state index in [1.54, 1.807) is 9.80 Å². The smallest absolute Gasteiger partial charge is 0.326 e. The van der Waals surface area contributed by atoms with Crippen LogP contribution in [0.2, 0.25) is 0 Å². The molecule has 3 fully saturated rings. The van der Waals surface area contributed by atoms with Crippen molar-refractivity contribution in [2.24, 2.45) is 17.3 Å². The SMILES string of the molecule is C[C@]12CC[C@@H]3c4ccc(OCC(=O)NC(CCCCNC(=O)CN5CCN(CC(=O)O)CCN(CC(=O)O)CC5)C(=O)O)cc4CC[C@H]3[C@@H]1CC[C@@H]2O. The third-order valence-corrected chi connectivity index (χ3v) is 12.2. The fourth-order valence-corrected chi connectivity index (χ4v) is 9.26. The van der Waals surface area contributed by atoms with E-state index >= 15 is 0 Å². The van der Waals surface area contributed by atoms with E-state index in [1.165, 1.54) is 11.1 Å². The van der Waals surface area contributed by atoms with Crippen molar-refractivity contribution in [2.45, 2.75) is 82.8 Å². The van der Waals surface area contributed by atoms with Crippen LogP contribution in [0, 0.1) is 17.3 Å². The number of aryl methyl sites for hydroxylation is 1. The lowest BCUT2D eigenvalue weighted by Crippen LogP contribution is -2.44. The molecule has 0 radical (unpaired) electrons. The molecule has 53 heavy (non-hydrogen) atoms. The Hall–Kier alpha value is -3.79. The molecule has 4 aliphatic rings. The monoisotopic (exact) mass is 743 g/mol. The first-order chi connectivity index (χ1) is 25.3. The Labute approximate surface area is 311 Å². The van der Waals surface area contributed by atoms with Crippen molar-refractivity contribution in [1.82, 2.24) is 25.3 Å². The Bertz CT molecular complexity index is 1450. The maximum absolute atomic E-state index is 12.7. The minimum atomic E-state index is -1.15. The predicted molar refractivity (Wildman–Crippen MR) is 194 cm³/mol. The largest absolute Gasteiger partial charge is 0.484 e. The predicted octanol–water partition coefficient (Wildman–Crippen LogP) is 1.23. The second kappa shape index (κ2) is 18.5. The molecular weight excluding hydrogens is 686 g/mol. The summed E-state index contributed by atoms with van der Waals surface area (Å²) in [7, 11) is 0. The lowest BCUT2D eigenvalue weighted by atomic mass is 9.55. The number of amides is 2. The molecule has 1 aliphatic heterocycles. The zero-order chi connectivity index (χ0) is 38.1. The minimum Gasteiger partial charge on any atom is -0.484 e. The highest BCUT2D eigenvalue weighted by molar-refractivity contribution is 5.84. The van der Waals surface area contributed by atoms with Crippen molar-refractivity contribution in [3.8, 4) is 5.75 Å². The van der Waals surface area contributed by atoms with Gasteiger partial charge < -0.3 is 35.8 Å². The second-order valence-corrected chi connectivity index (χ2v) is 15.6. The van der Waals surface area contributed by atoms with Crippen LogP contribution in [0.25, 0.3) is 0 Å². The first kappa shape index (κ1) is 40.4. The van der Waals surface area contributed by atoms with Crippen LogP contribution in [0.3, 0.4) is 0 Å². The Balaban J connectivity index is 1.01. The van der Waals surface area contributed by atoms with Gasteiger partial charge in [0.05, 0.1) is 25.7 Å². The highest BCUT2D eigenvalue weighted by Crippen LogP contribution is 2.60. The summed E-state index contributed by atoms with van der Waals surface area (Å²) in [6, 6.07) is 4.93. The fraction of sp³-hybridized carbons (Fsp3) is 0.711. The normalized spacial score (nSPS) is 27.1. The van der Waals surface area contributed by atoms with Gasteiger partial charge in [-0.25, -0.2) is 4.79 Å². The lowest BCUT2D eigenvalue weighted by Gasteiger charge is -2.50. The summed E-state index contributed by atoms with van der Waals surface area (Å²) < 4.78 is 5.80. The Kier molecular flexibility index (Phi) is 14.1. The molecule has 6 atom stereocenters. The molecular formula is C38H57N5O10. The van der Waals surface area contributed by atoms with Crippen LogP contribution < -0.4 is 15.4 Å². The minimum absolute atomic E-state index is 0.0272. The average Bonchev–Trinajstić information content (AvgIpc) is 3.45. The topological polar surface area (TPSA) is 209 Å². The maximum atomic E-state index is 12.7.